The van der Waals surface area contributed by atoms with Crippen LogP contribution < -0.4 is 0 Å². The summed E-state index contributed by atoms with van der Waals surface area (Å²) in [5.41, 5.74) is 0. The highest BCUT2D eigenvalue weighted by molar-refractivity contribution is 5.76. The van der Waals surface area contributed by atoms with Crippen LogP contribution in [0.15, 0.2) is 0 Å². The van der Waals surface area contributed by atoms with Gasteiger partial charge in [-0.25, -0.2) is 0 Å². The Kier molecular flexibility index (Phi) is 6.46. The first-order valence-corrected chi connectivity index (χ1v) is 6.78. The van der Waals surface area contributed by atoms with Crippen LogP contribution in [0.2, 0.25) is 0 Å². The van der Waals surface area contributed by atoms with Gasteiger partial charge in [-0.2, -0.15) is 0 Å². The largest absolute Gasteiger partial charge is 0.343 e. The molecule has 3 heteroatoms. The van der Waals surface area contributed by atoms with Crippen LogP contribution in [-0.4, -0.2) is 48.4 Å². The van der Waals surface area contributed by atoms with Gasteiger partial charge in [-0.3, -0.25) is 4.79 Å². The molecule has 0 aromatic heterocycles. The molecular formula is C13H26N2O. The Morgan fingerprint density at radius 1 is 1.06 bits per heavy atom. The highest BCUT2D eigenvalue weighted by Gasteiger charge is 2.17. The second-order valence-electron chi connectivity index (χ2n) is 4.68. The molecule has 0 aromatic carbocycles. The minimum atomic E-state index is 0.356. The van der Waals surface area contributed by atoms with Crippen LogP contribution in [0.3, 0.4) is 0 Å². The summed E-state index contributed by atoms with van der Waals surface area (Å²) >= 11 is 0. The molecule has 0 unspecified atom stereocenters. The summed E-state index contributed by atoms with van der Waals surface area (Å²) in [7, 11) is 0. The summed E-state index contributed by atoms with van der Waals surface area (Å²) in [6, 6.07) is 0. The van der Waals surface area contributed by atoms with Gasteiger partial charge < -0.3 is 9.80 Å². The molecule has 1 saturated heterocycles. The fourth-order valence-corrected chi connectivity index (χ4v) is 2.35. The molecule has 1 aliphatic rings. The number of rotatable bonds is 7. The van der Waals surface area contributed by atoms with Crippen LogP contribution in [0.5, 0.6) is 0 Å². The van der Waals surface area contributed by atoms with Gasteiger partial charge in [0.25, 0.3) is 0 Å². The van der Waals surface area contributed by atoms with E-state index in [2.05, 4.69) is 18.7 Å². The van der Waals surface area contributed by atoms with Crippen molar-refractivity contribution in [2.24, 2.45) is 0 Å². The van der Waals surface area contributed by atoms with Crippen molar-refractivity contribution in [2.75, 3.05) is 32.7 Å². The third-order valence-corrected chi connectivity index (χ3v) is 3.18. The molecule has 0 aliphatic carbocycles. The zero-order valence-corrected chi connectivity index (χ0v) is 10.9. The van der Waals surface area contributed by atoms with E-state index in [0.29, 0.717) is 12.3 Å². The Bertz CT molecular complexity index is 194. The van der Waals surface area contributed by atoms with Gasteiger partial charge >= 0.3 is 0 Å². The predicted octanol–water partition coefficient (Wildman–Crippen LogP) is 2.12. The minimum absolute atomic E-state index is 0.356. The monoisotopic (exact) mass is 226 g/mol. The highest BCUT2D eigenvalue weighted by atomic mass is 16.2. The minimum Gasteiger partial charge on any atom is -0.343 e. The Morgan fingerprint density at radius 2 is 1.62 bits per heavy atom. The zero-order chi connectivity index (χ0) is 11.8. The maximum atomic E-state index is 11.9. The number of nitrogens with zero attached hydrogens (tertiary/aromatic N) is 2. The van der Waals surface area contributed by atoms with Crippen LogP contribution in [-0.2, 0) is 4.79 Å². The van der Waals surface area contributed by atoms with Crippen molar-refractivity contribution in [3.8, 4) is 0 Å². The fourth-order valence-electron chi connectivity index (χ4n) is 2.35. The topological polar surface area (TPSA) is 23.6 Å². The van der Waals surface area contributed by atoms with Crippen LogP contribution in [0.4, 0.5) is 0 Å². The summed E-state index contributed by atoms with van der Waals surface area (Å²) in [4.78, 5) is 16.3. The number of likely N-dealkylation sites (tertiary alicyclic amines) is 1. The van der Waals surface area contributed by atoms with Gasteiger partial charge in [-0.1, -0.05) is 13.8 Å². The average Bonchev–Trinajstić information content (AvgIpc) is 2.79. The molecule has 1 heterocycles. The van der Waals surface area contributed by atoms with E-state index in [-0.39, 0.29) is 0 Å². The molecule has 0 radical (unpaired) electrons. The molecule has 0 N–H and O–H groups in total. The molecule has 94 valence electrons. The summed E-state index contributed by atoms with van der Waals surface area (Å²) in [5.74, 6) is 0.356. The summed E-state index contributed by atoms with van der Waals surface area (Å²) in [6.45, 7) is 9.57. The number of hydrogen-bond donors (Lipinski definition) is 0. The predicted molar refractivity (Wildman–Crippen MR) is 67.5 cm³/mol. The lowest BCUT2D eigenvalue weighted by molar-refractivity contribution is -0.130. The van der Waals surface area contributed by atoms with Gasteiger partial charge in [0.05, 0.1) is 0 Å². The third-order valence-electron chi connectivity index (χ3n) is 3.18. The first-order chi connectivity index (χ1) is 7.77. The van der Waals surface area contributed by atoms with Crippen molar-refractivity contribution in [3.05, 3.63) is 0 Å². The Labute approximate surface area is 99.8 Å². The maximum Gasteiger partial charge on any atom is 0.223 e. The molecular weight excluding hydrogens is 200 g/mol. The fraction of sp³-hybridized carbons (Fsp3) is 0.923. The summed E-state index contributed by atoms with van der Waals surface area (Å²) in [5, 5.41) is 0. The van der Waals surface area contributed by atoms with Crippen molar-refractivity contribution < 1.29 is 4.79 Å². The summed E-state index contributed by atoms with van der Waals surface area (Å²) < 4.78 is 0. The molecule has 0 spiro atoms. The first kappa shape index (κ1) is 13.5. The number of hydrogen-bond acceptors (Lipinski definition) is 2. The smallest absolute Gasteiger partial charge is 0.223 e. The van der Waals surface area contributed by atoms with E-state index >= 15 is 0 Å². The molecule has 0 atom stereocenters. The van der Waals surface area contributed by atoms with Crippen LogP contribution >= 0.6 is 0 Å². The second-order valence-corrected chi connectivity index (χ2v) is 4.68. The molecule has 1 fully saturated rings. The van der Waals surface area contributed by atoms with Crippen molar-refractivity contribution in [1.82, 2.24) is 9.80 Å². The summed E-state index contributed by atoms with van der Waals surface area (Å²) in [6.07, 6.45) is 5.45. The lowest BCUT2D eigenvalue weighted by atomic mass is 10.3. The second kappa shape index (κ2) is 7.66. The SMILES string of the molecule is CCCN(CCC)CCC(=O)N1CCCC1. The number of carbonyl (C=O) groups excluding carboxylic acids is 1. The van der Waals surface area contributed by atoms with Crippen LogP contribution in [0, 0.1) is 0 Å². The normalized spacial score (nSPS) is 16.1. The lowest BCUT2D eigenvalue weighted by Crippen LogP contribution is -2.33. The molecule has 1 amide bonds. The number of carbonyl (C=O) groups is 1. The zero-order valence-electron chi connectivity index (χ0n) is 10.9. The molecule has 0 bridgehead atoms. The van der Waals surface area contributed by atoms with Gasteiger partial charge in [0, 0.05) is 26.1 Å². The van der Waals surface area contributed by atoms with Gasteiger partial charge in [0.1, 0.15) is 0 Å². The Balaban J connectivity index is 2.21. The van der Waals surface area contributed by atoms with Gasteiger partial charge in [0.2, 0.25) is 5.91 Å². The molecule has 3 nitrogen and oxygen atoms in total. The Morgan fingerprint density at radius 3 is 2.12 bits per heavy atom. The molecule has 0 aromatic rings. The number of amides is 1. The van der Waals surface area contributed by atoms with Crippen molar-refractivity contribution in [3.63, 3.8) is 0 Å². The van der Waals surface area contributed by atoms with E-state index in [4.69, 9.17) is 0 Å². The highest BCUT2D eigenvalue weighted by Crippen LogP contribution is 2.09. The third kappa shape index (κ3) is 4.52. The van der Waals surface area contributed by atoms with E-state index in [1.54, 1.807) is 0 Å². The van der Waals surface area contributed by atoms with Crippen molar-refractivity contribution in [1.29, 1.82) is 0 Å². The van der Waals surface area contributed by atoms with E-state index in [1.165, 1.54) is 25.7 Å². The molecule has 1 rings (SSSR count). The van der Waals surface area contributed by atoms with Gasteiger partial charge in [0.15, 0.2) is 0 Å². The Hall–Kier alpha value is -0.570. The van der Waals surface area contributed by atoms with Crippen LogP contribution in [0.25, 0.3) is 0 Å². The molecule has 1 aliphatic heterocycles. The molecule has 0 saturated carbocycles. The van der Waals surface area contributed by atoms with E-state index in [0.717, 1.165) is 32.7 Å². The quantitative estimate of drug-likeness (QED) is 0.664. The van der Waals surface area contributed by atoms with Gasteiger partial charge in [-0.05, 0) is 38.8 Å². The van der Waals surface area contributed by atoms with Gasteiger partial charge in [-0.15, -0.1) is 0 Å². The van der Waals surface area contributed by atoms with E-state index in [9.17, 15) is 4.79 Å². The molecule has 16 heavy (non-hydrogen) atoms. The van der Waals surface area contributed by atoms with E-state index < -0.39 is 0 Å². The average molecular weight is 226 g/mol. The van der Waals surface area contributed by atoms with Crippen molar-refractivity contribution in [2.45, 2.75) is 46.0 Å². The van der Waals surface area contributed by atoms with Crippen molar-refractivity contribution >= 4 is 5.91 Å². The van der Waals surface area contributed by atoms with Crippen LogP contribution in [0.1, 0.15) is 46.0 Å². The standard InChI is InChI=1S/C13H26N2O/c1-3-8-14(9-4-2)12-7-13(16)15-10-5-6-11-15/h3-12H2,1-2H3. The first-order valence-electron chi connectivity index (χ1n) is 6.78. The lowest BCUT2D eigenvalue weighted by Gasteiger charge is -2.22. The van der Waals surface area contributed by atoms with E-state index in [1.807, 2.05) is 4.90 Å². The maximum absolute atomic E-state index is 11.9.